The van der Waals surface area contributed by atoms with Crippen LogP contribution >= 0.6 is 11.8 Å². The lowest BCUT2D eigenvalue weighted by Gasteiger charge is -2.12. The SMILES string of the molecule is C=CCSC(C)C(C)C. The zero-order valence-electron chi connectivity index (χ0n) is 6.55. The van der Waals surface area contributed by atoms with E-state index in [1.54, 1.807) is 0 Å². The van der Waals surface area contributed by atoms with Gasteiger partial charge >= 0.3 is 0 Å². The van der Waals surface area contributed by atoms with Gasteiger partial charge < -0.3 is 0 Å². The van der Waals surface area contributed by atoms with Crippen LogP contribution in [-0.2, 0) is 0 Å². The maximum Gasteiger partial charge on any atom is 0.0113 e. The van der Waals surface area contributed by atoms with Crippen LogP contribution in [0.3, 0.4) is 0 Å². The molecule has 0 aliphatic heterocycles. The van der Waals surface area contributed by atoms with E-state index in [1.165, 1.54) is 0 Å². The van der Waals surface area contributed by atoms with E-state index in [0.717, 1.165) is 16.9 Å². The van der Waals surface area contributed by atoms with Gasteiger partial charge in [-0.3, -0.25) is 0 Å². The van der Waals surface area contributed by atoms with Gasteiger partial charge in [0.25, 0.3) is 0 Å². The first-order valence-electron chi connectivity index (χ1n) is 3.41. The molecule has 0 nitrogen and oxygen atoms in total. The number of hydrogen-bond donors (Lipinski definition) is 0. The smallest absolute Gasteiger partial charge is 0.0113 e. The quantitative estimate of drug-likeness (QED) is 0.547. The van der Waals surface area contributed by atoms with E-state index in [0.29, 0.717) is 0 Å². The van der Waals surface area contributed by atoms with E-state index < -0.39 is 0 Å². The minimum Gasteiger partial charge on any atom is -0.154 e. The molecule has 9 heavy (non-hydrogen) atoms. The summed E-state index contributed by atoms with van der Waals surface area (Å²) >= 11 is 1.97. The van der Waals surface area contributed by atoms with Crippen LogP contribution in [0.5, 0.6) is 0 Å². The third-order valence-electron chi connectivity index (χ3n) is 1.42. The molecule has 0 aromatic heterocycles. The standard InChI is InChI=1S/C8H16S/c1-5-6-9-8(4)7(2)3/h5,7-8H,1,6H2,2-4H3. The third-order valence-corrected chi connectivity index (χ3v) is 2.91. The molecule has 1 unspecified atom stereocenters. The molecule has 0 aliphatic rings. The zero-order valence-corrected chi connectivity index (χ0v) is 7.37. The molecular formula is C8H16S. The second kappa shape index (κ2) is 4.92. The minimum absolute atomic E-state index is 0.767. The van der Waals surface area contributed by atoms with Crippen molar-refractivity contribution in [1.29, 1.82) is 0 Å². The Labute approximate surface area is 62.7 Å². The molecule has 0 aromatic carbocycles. The maximum absolute atomic E-state index is 3.67. The molecule has 0 heterocycles. The lowest BCUT2D eigenvalue weighted by atomic mass is 10.2. The largest absolute Gasteiger partial charge is 0.154 e. The molecule has 0 fully saturated rings. The summed E-state index contributed by atoms with van der Waals surface area (Å²) in [6, 6.07) is 0. The maximum atomic E-state index is 3.67. The highest BCUT2D eigenvalue weighted by Crippen LogP contribution is 2.17. The van der Waals surface area contributed by atoms with Crippen LogP contribution in [0.15, 0.2) is 12.7 Å². The van der Waals surface area contributed by atoms with Gasteiger partial charge in [-0.25, -0.2) is 0 Å². The van der Waals surface area contributed by atoms with Crippen LogP contribution < -0.4 is 0 Å². The minimum atomic E-state index is 0.767. The average molecular weight is 144 g/mol. The van der Waals surface area contributed by atoms with Gasteiger partial charge in [-0.15, -0.1) is 6.58 Å². The first-order valence-corrected chi connectivity index (χ1v) is 4.46. The van der Waals surface area contributed by atoms with E-state index in [2.05, 4.69) is 27.4 Å². The summed E-state index contributed by atoms with van der Waals surface area (Å²) in [5.74, 6) is 1.87. The first kappa shape index (κ1) is 9.09. The van der Waals surface area contributed by atoms with Crippen molar-refractivity contribution in [2.45, 2.75) is 26.0 Å². The fraction of sp³-hybridized carbons (Fsp3) is 0.750. The van der Waals surface area contributed by atoms with Crippen LogP contribution in [0.4, 0.5) is 0 Å². The number of thioether (sulfide) groups is 1. The Balaban J connectivity index is 3.26. The highest BCUT2D eigenvalue weighted by molar-refractivity contribution is 8.00. The van der Waals surface area contributed by atoms with Gasteiger partial charge in [0.05, 0.1) is 0 Å². The topological polar surface area (TPSA) is 0 Å². The lowest BCUT2D eigenvalue weighted by molar-refractivity contribution is 0.643. The third kappa shape index (κ3) is 4.58. The van der Waals surface area contributed by atoms with Gasteiger partial charge in [-0.1, -0.05) is 26.8 Å². The van der Waals surface area contributed by atoms with Crippen molar-refractivity contribution in [2.24, 2.45) is 5.92 Å². The Kier molecular flexibility index (Phi) is 4.97. The summed E-state index contributed by atoms with van der Waals surface area (Å²) in [6.07, 6.45) is 1.96. The molecule has 0 spiro atoms. The summed E-state index contributed by atoms with van der Waals surface area (Å²) < 4.78 is 0. The normalized spacial score (nSPS) is 13.8. The van der Waals surface area contributed by atoms with Crippen molar-refractivity contribution in [3.63, 3.8) is 0 Å². The molecule has 0 aliphatic carbocycles. The van der Waals surface area contributed by atoms with E-state index in [9.17, 15) is 0 Å². The molecule has 0 bridgehead atoms. The molecule has 0 saturated carbocycles. The highest BCUT2D eigenvalue weighted by Gasteiger charge is 2.04. The molecule has 0 radical (unpaired) electrons. The molecule has 0 amide bonds. The van der Waals surface area contributed by atoms with Crippen molar-refractivity contribution in [1.82, 2.24) is 0 Å². The van der Waals surface area contributed by atoms with E-state index in [1.807, 2.05) is 17.8 Å². The summed E-state index contributed by atoms with van der Waals surface area (Å²) in [4.78, 5) is 0. The Morgan fingerprint density at radius 3 is 2.33 bits per heavy atom. The molecule has 0 saturated heterocycles. The van der Waals surface area contributed by atoms with Crippen LogP contribution in [0.2, 0.25) is 0 Å². The van der Waals surface area contributed by atoms with Gasteiger partial charge in [-0.2, -0.15) is 11.8 Å². The summed E-state index contributed by atoms with van der Waals surface area (Å²) in [5.41, 5.74) is 0. The van der Waals surface area contributed by atoms with Gasteiger partial charge in [0.15, 0.2) is 0 Å². The van der Waals surface area contributed by atoms with Crippen LogP contribution in [-0.4, -0.2) is 11.0 Å². The van der Waals surface area contributed by atoms with Crippen LogP contribution in [0.1, 0.15) is 20.8 Å². The van der Waals surface area contributed by atoms with Crippen molar-refractivity contribution >= 4 is 11.8 Å². The predicted molar refractivity (Wildman–Crippen MR) is 47.0 cm³/mol. The molecule has 0 rings (SSSR count). The van der Waals surface area contributed by atoms with Crippen molar-refractivity contribution in [2.75, 3.05) is 5.75 Å². The van der Waals surface area contributed by atoms with Crippen molar-refractivity contribution in [3.8, 4) is 0 Å². The van der Waals surface area contributed by atoms with Crippen molar-refractivity contribution in [3.05, 3.63) is 12.7 Å². The second-order valence-electron chi connectivity index (χ2n) is 2.57. The van der Waals surface area contributed by atoms with Gasteiger partial charge in [-0.05, 0) is 5.92 Å². The van der Waals surface area contributed by atoms with Crippen LogP contribution in [0, 0.1) is 5.92 Å². The number of rotatable bonds is 4. The molecular weight excluding hydrogens is 128 g/mol. The molecule has 0 N–H and O–H groups in total. The lowest BCUT2D eigenvalue weighted by Crippen LogP contribution is -2.05. The fourth-order valence-corrected chi connectivity index (χ4v) is 1.24. The molecule has 0 aromatic rings. The zero-order chi connectivity index (χ0) is 7.28. The van der Waals surface area contributed by atoms with Gasteiger partial charge in [0.2, 0.25) is 0 Å². The first-order chi connectivity index (χ1) is 4.18. The molecule has 1 atom stereocenters. The Hall–Kier alpha value is 0.0900. The van der Waals surface area contributed by atoms with E-state index in [4.69, 9.17) is 0 Å². The van der Waals surface area contributed by atoms with Gasteiger partial charge in [0, 0.05) is 11.0 Å². The van der Waals surface area contributed by atoms with Crippen molar-refractivity contribution < 1.29 is 0 Å². The summed E-state index contributed by atoms with van der Waals surface area (Å²) in [7, 11) is 0. The summed E-state index contributed by atoms with van der Waals surface area (Å²) in [6.45, 7) is 10.4. The summed E-state index contributed by atoms with van der Waals surface area (Å²) in [5, 5.41) is 0.767. The van der Waals surface area contributed by atoms with Crippen LogP contribution in [0.25, 0.3) is 0 Å². The Morgan fingerprint density at radius 1 is 1.44 bits per heavy atom. The number of hydrogen-bond acceptors (Lipinski definition) is 1. The highest BCUT2D eigenvalue weighted by atomic mass is 32.2. The average Bonchev–Trinajstić information content (AvgIpc) is 1.82. The van der Waals surface area contributed by atoms with Gasteiger partial charge in [0.1, 0.15) is 0 Å². The molecule has 1 heteroatoms. The van der Waals surface area contributed by atoms with E-state index >= 15 is 0 Å². The second-order valence-corrected chi connectivity index (χ2v) is 3.98. The predicted octanol–water partition coefficient (Wildman–Crippen LogP) is 2.95. The monoisotopic (exact) mass is 144 g/mol. The van der Waals surface area contributed by atoms with E-state index in [-0.39, 0.29) is 0 Å². The Bertz CT molecular complexity index is 76.6. The Morgan fingerprint density at radius 2 is 2.00 bits per heavy atom. The fourth-order valence-electron chi connectivity index (χ4n) is 0.412. The molecule has 54 valence electrons.